The Bertz CT molecular complexity index is 1080. The molecule has 0 aliphatic rings. The van der Waals surface area contributed by atoms with Crippen LogP contribution in [0.2, 0.25) is 0 Å². The molecule has 1 N–H and O–H groups in total. The Morgan fingerprint density at radius 1 is 0.964 bits per heavy atom. The van der Waals surface area contributed by atoms with Gasteiger partial charge < -0.3 is 10.1 Å². The number of carbonyl (C=O) groups excluding carboxylic acids is 1. The zero-order valence-corrected chi connectivity index (χ0v) is 15.3. The van der Waals surface area contributed by atoms with Crippen LogP contribution in [0.5, 0.6) is 5.75 Å². The Balaban J connectivity index is 1.24. The summed E-state index contributed by atoms with van der Waals surface area (Å²) in [5.74, 6) is 0.520. The number of pyridine rings is 1. The van der Waals surface area contributed by atoms with Gasteiger partial charge in [-0.05, 0) is 41.1 Å². The predicted octanol–water partition coefficient (Wildman–Crippen LogP) is 3.29. The second-order valence-electron chi connectivity index (χ2n) is 6.33. The van der Waals surface area contributed by atoms with Gasteiger partial charge in [-0.25, -0.2) is 0 Å². The van der Waals surface area contributed by atoms with Gasteiger partial charge in [0.05, 0.1) is 12.2 Å². The molecular formula is C22H20N4O2. The second-order valence-corrected chi connectivity index (χ2v) is 6.33. The van der Waals surface area contributed by atoms with Gasteiger partial charge in [0.25, 0.3) is 5.91 Å². The Hall–Kier alpha value is -3.67. The zero-order chi connectivity index (χ0) is 19.2. The molecule has 0 saturated carbocycles. The average Bonchev–Trinajstić information content (AvgIpc) is 3.22. The zero-order valence-electron chi connectivity index (χ0n) is 15.3. The molecule has 0 spiro atoms. The monoisotopic (exact) mass is 372 g/mol. The van der Waals surface area contributed by atoms with Crippen molar-refractivity contribution in [3.8, 4) is 17.1 Å². The van der Waals surface area contributed by atoms with Crippen LogP contribution in [0, 0.1) is 0 Å². The number of aromatic nitrogens is 3. The molecule has 0 aliphatic carbocycles. The highest BCUT2D eigenvalue weighted by atomic mass is 16.5. The van der Waals surface area contributed by atoms with Crippen LogP contribution in [-0.4, -0.2) is 33.8 Å². The van der Waals surface area contributed by atoms with E-state index in [1.807, 2.05) is 72.9 Å². The lowest BCUT2D eigenvalue weighted by molar-refractivity contribution is -0.123. The molecule has 0 aliphatic heterocycles. The third kappa shape index (κ3) is 4.35. The Morgan fingerprint density at radius 2 is 1.82 bits per heavy atom. The van der Waals surface area contributed by atoms with E-state index in [1.54, 1.807) is 10.9 Å². The Morgan fingerprint density at radius 3 is 2.68 bits per heavy atom. The molecule has 28 heavy (non-hydrogen) atoms. The van der Waals surface area contributed by atoms with Crippen molar-refractivity contribution in [3.05, 3.63) is 79.1 Å². The molecule has 2 aromatic carbocycles. The van der Waals surface area contributed by atoms with Gasteiger partial charge in [-0.2, -0.15) is 5.10 Å². The van der Waals surface area contributed by atoms with Gasteiger partial charge in [-0.3, -0.25) is 14.5 Å². The summed E-state index contributed by atoms with van der Waals surface area (Å²) in [6.07, 6.45) is 3.62. The first-order valence-electron chi connectivity index (χ1n) is 9.11. The van der Waals surface area contributed by atoms with Crippen molar-refractivity contribution in [2.75, 3.05) is 13.2 Å². The summed E-state index contributed by atoms with van der Waals surface area (Å²) in [5.41, 5.74) is 1.64. The number of carbonyl (C=O) groups is 1. The van der Waals surface area contributed by atoms with Crippen molar-refractivity contribution in [1.82, 2.24) is 20.1 Å². The number of rotatable bonds is 7. The van der Waals surface area contributed by atoms with E-state index in [4.69, 9.17) is 4.74 Å². The molecule has 2 heterocycles. The minimum absolute atomic E-state index is 0.0172. The maximum atomic E-state index is 12.0. The van der Waals surface area contributed by atoms with Crippen LogP contribution in [0.25, 0.3) is 22.2 Å². The van der Waals surface area contributed by atoms with Gasteiger partial charge in [0.2, 0.25) is 0 Å². The SMILES string of the molecule is O=C(COc1ccc2ccccc2c1)NCCn1ccc(-c2ccccn2)n1. The Labute approximate surface area is 162 Å². The average molecular weight is 372 g/mol. The summed E-state index contributed by atoms with van der Waals surface area (Å²) in [7, 11) is 0. The standard InChI is InChI=1S/C22H20N4O2/c27-22(16-28-19-9-8-17-5-1-2-6-18(17)15-19)24-12-14-26-13-10-21(25-26)20-7-3-4-11-23-20/h1-11,13,15H,12,14,16H2,(H,24,27). The topological polar surface area (TPSA) is 69.0 Å². The van der Waals surface area contributed by atoms with Crippen LogP contribution in [0.3, 0.4) is 0 Å². The number of fused-ring (bicyclic) bond motifs is 1. The summed E-state index contributed by atoms with van der Waals surface area (Å²) < 4.78 is 7.38. The third-order valence-corrected chi connectivity index (χ3v) is 4.32. The van der Waals surface area contributed by atoms with Crippen LogP contribution < -0.4 is 10.1 Å². The van der Waals surface area contributed by atoms with E-state index in [2.05, 4.69) is 15.4 Å². The lowest BCUT2D eigenvalue weighted by Crippen LogP contribution is -2.31. The van der Waals surface area contributed by atoms with Crippen molar-refractivity contribution >= 4 is 16.7 Å². The normalized spacial score (nSPS) is 10.7. The molecule has 2 aromatic heterocycles. The van der Waals surface area contributed by atoms with Gasteiger partial charge in [-0.1, -0.05) is 36.4 Å². The quantitative estimate of drug-likeness (QED) is 0.540. The van der Waals surface area contributed by atoms with Crippen molar-refractivity contribution in [2.24, 2.45) is 0 Å². The molecular weight excluding hydrogens is 352 g/mol. The fraction of sp³-hybridized carbons (Fsp3) is 0.136. The number of hydrogen-bond donors (Lipinski definition) is 1. The van der Waals surface area contributed by atoms with E-state index in [0.29, 0.717) is 18.8 Å². The van der Waals surface area contributed by atoms with E-state index in [0.717, 1.165) is 22.2 Å². The van der Waals surface area contributed by atoms with Gasteiger partial charge in [0, 0.05) is 18.9 Å². The maximum absolute atomic E-state index is 12.0. The van der Waals surface area contributed by atoms with Crippen LogP contribution in [0.1, 0.15) is 0 Å². The van der Waals surface area contributed by atoms with Crippen LogP contribution in [0.15, 0.2) is 79.1 Å². The number of hydrogen-bond acceptors (Lipinski definition) is 4. The lowest BCUT2D eigenvalue weighted by Gasteiger charge is -2.08. The summed E-state index contributed by atoms with van der Waals surface area (Å²) in [6.45, 7) is 1.04. The van der Waals surface area contributed by atoms with Crippen molar-refractivity contribution in [3.63, 3.8) is 0 Å². The third-order valence-electron chi connectivity index (χ3n) is 4.32. The fourth-order valence-electron chi connectivity index (χ4n) is 2.90. The number of benzene rings is 2. The van der Waals surface area contributed by atoms with Gasteiger partial charge in [-0.15, -0.1) is 0 Å². The van der Waals surface area contributed by atoms with Gasteiger partial charge >= 0.3 is 0 Å². The molecule has 4 rings (SSSR count). The van der Waals surface area contributed by atoms with Gasteiger partial charge in [0.15, 0.2) is 6.61 Å². The van der Waals surface area contributed by atoms with Crippen molar-refractivity contribution in [2.45, 2.75) is 6.54 Å². The molecule has 4 aromatic rings. The molecule has 0 atom stereocenters. The van der Waals surface area contributed by atoms with Crippen LogP contribution in [0.4, 0.5) is 0 Å². The molecule has 1 amide bonds. The lowest BCUT2D eigenvalue weighted by atomic mass is 10.1. The van der Waals surface area contributed by atoms with Crippen LogP contribution in [-0.2, 0) is 11.3 Å². The summed E-state index contributed by atoms with van der Waals surface area (Å²) in [6, 6.07) is 21.5. The van der Waals surface area contributed by atoms with Crippen LogP contribution >= 0.6 is 0 Å². The first-order valence-corrected chi connectivity index (χ1v) is 9.11. The summed E-state index contributed by atoms with van der Waals surface area (Å²) in [4.78, 5) is 16.3. The molecule has 0 saturated heterocycles. The summed E-state index contributed by atoms with van der Waals surface area (Å²) >= 11 is 0. The first kappa shape index (κ1) is 17.7. The molecule has 6 heteroatoms. The van der Waals surface area contributed by atoms with Gasteiger partial charge in [0.1, 0.15) is 11.4 Å². The molecule has 0 unspecified atom stereocenters. The number of nitrogens with zero attached hydrogens (tertiary/aromatic N) is 3. The predicted molar refractivity (Wildman–Crippen MR) is 108 cm³/mol. The summed E-state index contributed by atoms with van der Waals surface area (Å²) in [5, 5.41) is 9.55. The minimum atomic E-state index is -0.162. The Kier molecular flexibility index (Phi) is 5.29. The van der Waals surface area contributed by atoms with Crippen molar-refractivity contribution < 1.29 is 9.53 Å². The maximum Gasteiger partial charge on any atom is 0.258 e. The largest absolute Gasteiger partial charge is 0.484 e. The highest BCUT2D eigenvalue weighted by molar-refractivity contribution is 5.84. The van der Waals surface area contributed by atoms with Crippen molar-refractivity contribution in [1.29, 1.82) is 0 Å². The van der Waals surface area contributed by atoms with E-state index in [9.17, 15) is 4.79 Å². The number of nitrogens with one attached hydrogen (secondary N) is 1. The minimum Gasteiger partial charge on any atom is -0.484 e. The van der Waals surface area contributed by atoms with E-state index in [1.165, 1.54) is 0 Å². The van der Waals surface area contributed by atoms with E-state index >= 15 is 0 Å². The molecule has 0 radical (unpaired) electrons. The second kappa shape index (κ2) is 8.35. The van der Waals surface area contributed by atoms with E-state index < -0.39 is 0 Å². The first-order chi connectivity index (χ1) is 13.8. The number of ether oxygens (including phenoxy) is 1. The highest BCUT2D eigenvalue weighted by Crippen LogP contribution is 2.20. The smallest absolute Gasteiger partial charge is 0.258 e. The molecule has 0 fully saturated rings. The highest BCUT2D eigenvalue weighted by Gasteiger charge is 2.05. The molecule has 0 bridgehead atoms. The van der Waals surface area contributed by atoms with E-state index in [-0.39, 0.29) is 12.5 Å². The molecule has 6 nitrogen and oxygen atoms in total. The molecule has 140 valence electrons. The number of amides is 1. The fourth-order valence-corrected chi connectivity index (χ4v) is 2.90.